The first-order valence-electron chi connectivity index (χ1n) is 8.09. The van der Waals surface area contributed by atoms with Crippen molar-refractivity contribution >= 4 is 5.82 Å². The molecule has 0 bridgehead atoms. The van der Waals surface area contributed by atoms with Crippen LogP contribution < -0.4 is 5.73 Å². The first-order chi connectivity index (χ1) is 13.2. The minimum Gasteiger partial charge on any atom is -0.463 e. The van der Waals surface area contributed by atoms with E-state index in [-0.39, 0.29) is 11.6 Å². The normalized spacial score (nSPS) is 10.3. The van der Waals surface area contributed by atoms with Crippen LogP contribution in [0.5, 0.6) is 0 Å². The van der Waals surface area contributed by atoms with E-state index in [9.17, 15) is 4.39 Å². The second-order valence-electron chi connectivity index (χ2n) is 5.65. The molecule has 0 fully saturated rings. The Kier molecular flexibility index (Phi) is 4.33. The first kappa shape index (κ1) is 16.5. The fraction of sp³-hybridized carbons (Fsp3) is 0. The summed E-state index contributed by atoms with van der Waals surface area (Å²) < 4.78 is 18.8. The summed E-state index contributed by atoms with van der Waals surface area (Å²) in [7, 11) is 0. The number of pyridine rings is 1. The minimum absolute atomic E-state index is 0.253. The van der Waals surface area contributed by atoms with Crippen LogP contribution in [-0.2, 0) is 0 Å². The van der Waals surface area contributed by atoms with Crippen LogP contribution in [0, 0.1) is 17.7 Å². The van der Waals surface area contributed by atoms with Crippen molar-refractivity contribution in [2.45, 2.75) is 0 Å². The lowest BCUT2D eigenvalue weighted by Crippen LogP contribution is -2.00. The van der Waals surface area contributed by atoms with Gasteiger partial charge in [-0.1, -0.05) is 17.9 Å². The topological polar surface area (TPSA) is 77.8 Å². The van der Waals surface area contributed by atoms with Gasteiger partial charge in [-0.2, -0.15) is 0 Å². The van der Waals surface area contributed by atoms with Crippen LogP contribution in [0.15, 0.2) is 71.7 Å². The van der Waals surface area contributed by atoms with Gasteiger partial charge < -0.3 is 10.2 Å². The van der Waals surface area contributed by atoms with Gasteiger partial charge in [0.05, 0.1) is 17.5 Å². The molecule has 0 spiro atoms. The predicted octanol–water partition coefficient (Wildman–Crippen LogP) is 3.92. The van der Waals surface area contributed by atoms with E-state index in [4.69, 9.17) is 10.2 Å². The molecule has 0 amide bonds. The third-order valence-corrected chi connectivity index (χ3v) is 3.83. The Hall–Kier alpha value is -3.98. The van der Waals surface area contributed by atoms with Crippen molar-refractivity contribution in [3.05, 3.63) is 84.3 Å². The van der Waals surface area contributed by atoms with Gasteiger partial charge in [0.15, 0.2) is 5.76 Å². The van der Waals surface area contributed by atoms with Crippen molar-refractivity contribution in [3.63, 3.8) is 0 Å². The Balaban J connectivity index is 1.85. The van der Waals surface area contributed by atoms with Crippen LogP contribution in [0.4, 0.5) is 10.2 Å². The van der Waals surface area contributed by atoms with E-state index in [2.05, 4.69) is 26.8 Å². The Labute approximate surface area is 154 Å². The van der Waals surface area contributed by atoms with Crippen molar-refractivity contribution in [2.75, 3.05) is 5.73 Å². The van der Waals surface area contributed by atoms with Crippen LogP contribution in [0.2, 0.25) is 0 Å². The summed E-state index contributed by atoms with van der Waals surface area (Å²) in [5.74, 6) is 6.35. The van der Waals surface area contributed by atoms with Crippen molar-refractivity contribution in [3.8, 4) is 34.6 Å². The Morgan fingerprint density at radius 1 is 1.04 bits per heavy atom. The maximum Gasteiger partial charge on any atom is 0.153 e. The molecule has 1 aromatic carbocycles. The van der Waals surface area contributed by atoms with Crippen molar-refractivity contribution in [1.29, 1.82) is 0 Å². The van der Waals surface area contributed by atoms with E-state index in [1.807, 2.05) is 0 Å². The van der Waals surface area contributed by atoms with Gasteiger partial charge in [-0.15, -0.1) is 0 Å². The lowest BCUT2D eigenvalue weighted by Gasteiger charge is -2.09. The van der Waals surface area contributed by atoms with E-state index in [1.54, 1.807) is 48.9 Å². The Morgan fingerprint density at radius 3 is 2.70 bits per heavy atom. The van der Waals surface area contributed by atoms with Crippen LogP contribution in [0.3, 0.4) is 0 Å². The molecule has 0 aliphatic heterocycles. The summed E-state index contributed by atoms with van der Waals surface area (Å²) in [6.07, 6.45) is 4.66. The molecule has 6 heteroatoms. The molecule has 0 saturated carbocycles. The van der Waals surface area contributed by atoms with Gasteiger partial charge in [-0.25, -0.2) is 19.3 Å². The summed E-state index contributed by atoms with van der Waals surface area (Å²) in [6.45, 7) is 0. The molecule has 5 nitrogen and oxygen atoms in total. The number of hydrogen-bond acceptors (Lipinski definition) is 5. The van der Waals surface area contributed by atoms with Gasteiger partial charge in [0, 0.05) is 17.3 Å². The molecular formula is C21H13FN4O. The third-order valence-electron chi connectivity index (χ3n) is 3.83. The number of nitrogen functional groups attached to an aromatic ring is 1. The Morgan fingerprint density at radius 2 is 1.96 bits per heavy atom. The number of benzene rings is 1. The number of furan rings is 1. The highest BCUT2D eigenvalue weighted by atomic mass is 19.1. The van der Waals surface area contributed by atoms with Crippen LogP contribution >= 0.6 is 0 Å². The fourth-order valence-corrected chi connectivity index (χ4v) is 2.58. The maximum atomic E-state index is 13.3. The van der Waals surface area contributed by atoms with Crippen molar-refractivity contribution in [2.24, 2.45) is 0 Å². The molecule has 27 heavy (non-hydrogen) atoms. The zero-order valence-electron chi connectivity index (χ0n) is 14.1. The number of aromatic nitrogens is 3. The summed E-state index contributed by atoms with van der Waals surface area (Å²) in [5.41, 5.74) is 9.11. The van der Waals surface area contributed by atoms with Crippen LogP contribution in [0.25, 0.3) is 22.7 Å². The number of halogens is 1. The quantitative estimate of drug-likeness (QED) is 0.551. The zero-order valence-corrected chi connectivity index (χ0v) is 14.1. The van der Waals surface area contributed by atoms with Gasteiger partial charge in [0.25, 0.3) is 0 Å². The monoisotopic (exact) mass is 356 g/mol. The molecule has 2 N–H and O–H groups in total. The highest BCUT2D eigenvalue weighted by Crippen LogP contribution is 2.32. The molecule has 0 saturated heterocycles. The van der Waals surface area contributed by atoms with Crippen LogP contribution in [-0.4, -0.2) is 15.0 Å². The standard InChI is InChI=1S/C21H13FN4O/c22-16-4-1-3-14(11-16)6-7-15-12-17(18-8-9-24-13-25-18)20(26-21(15)23)19-5-2-10-27-19/h1-5,8-13H,(H2,23,26). The number of hydrogen-bond donors (Lipinski definition) is 1. The summed E-state index contributed by atoms with van der Waals surface area (Å²) in [5, 5.41) is 0. The molecule has 0 radical (unpaired) electrons. The number of rotatable bonds is 2. The van der Waals surface area contributed by atoms with Crippen LogP contribution in [0.1, 0.15) is 11.1 Å². The summed E-state index contributed by atoms with van der Waals surface area (Å²) in [6, 6.07) is 13.2. The predicted molar refractivity (Wildman–Crippen MR) is 99.8 cm³/mol. The minimum atomic E-state index is -0.345. The van der Waals surface area contributed by atoms with Crippen molar-refractivity contribution < 1.29 is 8.81 Å². The molecule has 0 unspecified atom stereocenters. The largest absolute Gasteiger partial charge is 0.463 e. The SMILES string of the molecule is Nc1nc(-c2ccco2)c(-c2ccncn2)cc1C#Cc1cccc(F)c1. The smallest absolute Gasteiger partial charge is 0.153 e. The average Bonchev–Trinajstić information content (AvgIpc) is 3.22. The van der Waals surface area contributed by atoms with Gasteiger partial charge in [0.2, 0.25) is 0 Å². The second kappa shape index (κ2) is 7.10. The molecule has 130 valence electrons. The lowest BCUT2D eigenvalue weighted by molar-refractivity contribution is 0.580. The molecule has 0 aliphatic carbocycles. The number of anilines is 1. The molecule has 0 aliphatic rings. The average molecular weight is 356 g/mol. The van der Waals surface area contributed by atoms with E-state index < -0.39 is 0 Å². The number of nitrogens with two attached hydrogens (primary N) is 1. The van der Waals surface area contributed by atoms with E-state index in [0.29, 0.717) is 33.8 Å². The zero-order chi connectivity index (χ0) is 18.6. The Bertz CT molecular complexity index is 1150. The highest BCUT2D eigenvalue weighted by molar-refractivity contribution is 5.80. The molecular weight excluding hydrogens is 343 g/mol. The van der Waals surface area contributed by atoms with Gasteiger partial charge in [-0.3, -0.25) is 0 Å². The maximum absolute atomic E-state index is 13.3. The summed E-state index contributed by atoms with van der Waals surface area (Å²) in [4.78, 5) is 12.7. The van der Waals surface area contributed by atoms with Gasteiger partial charge >= 0.3 is 0 Å². The first-order valence-corrected chi connectivity index (χ1v) is 8.09. The van der Waals surface area contributed by atoms with Gasteiger partial charge in [0.1, 0.15) is 23.7 Å². The third kappa shape index (κ3) is 3.53. The molecule has 3 heterocycles. The van der Waals surface area contributed by atoms with E-state index >= 15 is 0 Å². The summed E-state index contributed by atoms with van der Waals surface area (Å²) >= 11 is 0. The van der Waals surface area contributed by atoms with Crippen molar-refractivity contribution in [1.82, 2.24) is 15.0 Å². The lowest BCUT2D eigenvalue weighted by atomic mass is 10.0. The molecule has 3 aromatic heterocycles. The number of nitrogens with zero attached hydrogens (tertiary/aromatic N) is 3. The second-order valence-corrected chi connectivity index (χ2v) is 5.65. The van der Waals surface area contributed by atoms with Gasteiger partial charge in [-0.05, 0) is 42.5 Å². The fourth-order valence-electron chi connectivity index (χ4n) is 2.58. The molecule has 4 rings (SSSR count). The molecule has 4 aromatic rings. The highest BCUT2D eigenvalue weighted by Gasteiger charge is 2.15. The molecule has 0 atom stereocenters. The van der Waals surface area contributed by atoms with E-state index in [1.165, 1.54) is 18.5 Å². The van der Waals surface area contributed by atoms with E-state index in [0.717, 1.165) is 0 Å².